The zero-order valence-electron chi connectivity index (χ0n) is 10.1. The second kappa shape index (κ2) is 4.33. The summed E-state index contributed by atoms with van der Waals surface area (Å²) in [5, 5.41) is 0. The minimum Gasteiger partial charge on any atom is -0.297 e. The van der Waals surface area contributed by atoms with Crippen LogP contribution < -0.4 is 4.90 Å². The number of benzene rings is 1. The number of halogens is 1. The number of carbonyl (C=O) groups is 3. The Morgan fingerprint density at radius 1 is 1.33 bits per heavy atom. The zero-order chi connectivity index (χ0) is 13.4. The molecule has 0 aromatic heterocycles. The minimum atomic E-state index is -0.774. The number of fused-ring (bicyclic) bond motifs is 1. The molecule has 1 aromatic rings. The fourth-order valence-corrected chi connectivity index (χ4v) is 1.77. The highest BCUT2D eigenvalue weighted by Crippen LogP contribution is 2.29. The first kappa shape index (κ1) is 12.4. The molecule has 0 radical (unpaired) electrons. The van der Waals surface area contributed by atoms with Crippen molar-refractivity contribution in [2.75, 3.05) is 11.4 Å². The van der Waals surface area contributed by atoms with Crippen LogP contribution in [0, 0.1) is 11.7 Å². The minimum absolute atomic E-state index is 0.0246. The normalized spacial score (nSPS) is 14.3. The molecule has 1 aromatic carbocycles. The van der Waals surface area contributed by atoms with E-state index in [0.29, 0.717) is 5.69 Å². The molecule has 18 heavy (non-hydrogen) atoms. The van der Waals surface area contributed by atoms with Crippen molar-refractivity contribution in [3.8, 4) is 0 Å². The van der Waals surface area contributed by atoms with E-state index < -0.39 is 17.5 Å². The Hall–Kier alpha value is -2.04. The van der Waals surface area contributed by atoms with E-state index in [-0.39, 0.29) is 23.8 Å². The lowest BCUT2D eigenvalue weighted by Gasteiger charge is -2.16. The number of hydrogen-bond donors (Lipinski definition) is 0. The second-order valence-electron chi connectivity index (χ2n) is 4.50. The lowest BCUT2D eigenvalue weighted by atomic mass is 10.1. The van der Waals surface area contributed by atoms with Gasteiger partial charge in [0.25, 0.3) is 11.7 Å². The number of amides is 1. The van der Waals surface area contributed by atoms with Gasteiger partial charge in [-0.3, -0.25) is 19.3 Å². The molecule has 2 rings (SSSR count). The number of nitrogens with zero attached hydrogens (tertiary/aromatic N) is 1. The molecule has 0 aliphatic carbocycles. The van der Waals surface area contributed by atoms with Crippen molar-refractivity contribution in [2.45, 2.75) is 13.8 Å². The molecular formula is C13H12FNO3. The maximum absolute atomic E-state index is 13.0. The standard InChI is InChI=1S/C13H12FNO3/c1-7(2)11(16)6-15-10-4-3-8(14)5-9(10)12(17)13(15)18/h3-5,7H,6H2,1-2H3. The Labute approximate surface area is 103 Å². The van der Waals surface area contributed by atoms with Gasteiger partial charge in [-0.05, 0) is 18.2 Å². The van der Waals surface area contributed by atoms with Crippen LogP contribution in [0.25, 0.3) is 0 Å². The molecule has 94 valence electrons. The molecule has 1 aliphatic rings. The topological polar surface area (TPSA) is 54.5 Å². The first-order valence-electron chi connectivity index (χ1n) is 5.60. The van der Waals surface area contributed by atoms with Gasteiger partial charge in [0.1, 0.15) is 5.82 Å². The van der Waals surface area contributed by atoms with Gasteiger partial charge in [0.15, 0.2) is 5.78 Å². The molecular weight excluding hydrogens is 237 g/mol. The summed E-state index contributed by atoms with van der Waals surface area (Å²) in [4.78, 5) is 36.1. The Balaban J connectivity index is 2.37. The largest absolute Gasteiger partial charge is 0.299 e. The molecule has 1 heterocycles. The number of ketones is 2. The van der Waals surface area contributed by atoms with Gasteiger partial charge in [0.2, 0.25) is 0 Å². The molecule has 0 saturated carbocycles. The van der Waals surface area contributed by atoms with Crippen molar-refractivity contribution < 1.29 is 18.8 Å². The average Bonchev–Trinajstić information content (AvgIpc) is 2.54. The molecule has 0 unspecified atom stereocenters. The first-order chi connectivity index (χ1) is 8.41. The van der Waals surface area contributed by atoms with Crippen LogP contribution in [0.15, 0.2) is 18.2 Å². The highest BCUT2D eigenvalue weighted by atomic mass is 19.1. The van der Waals surface area contributed by atoms with Gasteiger partial charge in [-0.1, -0.05) is 13.8 Å². The third kappa shape index (κ3) is 1.92. The van der Waals surface area contributed by atoms with Crippen molar-refractivity contribution in [2.24, 2.45) is 5.92 Å². The van der Waals surface area contributed by atoms with E-state index in [4.69, 9.17) is 0 Å². The number of hydrogen-bond acceptors (Lipinski definition) is 3. The highest BCUT2D eigenvalue weighted by molar-refractivity contribution is 6.52. The fraction of sp³-hybridized carbons (Fsp3) is 0.308. The first-order valence-corrected chi connectivity index (χ1v) is 5.60. The summed E-state index contributed by atoms with van der Waals surface area (Å²) in [7, 11) is 0. The van der Waals surface area contributed by atoms with Crippen LogP contribution in [-0.4, -0.2) is 24.0 Å². The van der Waals surface area contributed by atoms with Crippen molar-refractivity contribution in [3.63, 3.8) is 0 Å². The van der Waals surface area contributed by atoms with Crippen molar-refractivity contribution in [3.05, 3.63) is 29.6 Å². The summed E-state index contributed by atoms with van der Waals surface area (Å²) >= 11 is 0. The molecule has 0 atom stereocenters. The van der Waals surface area contributed by atoms with Crippen molar-refractivity contribution >= 4 is 23.2 Å². The van der Waals surface area contributed by atoms with E-state index in [2.05, 4.69) is 0 Å². The van der Waals surface area contributed by atoms with Crippen molar-refractivity contribution in [1.29, 1.82) is 0 Å². The van der Waals surface area contributed by atoms with Gasteiger partial charge in [-0.2, -0.15) is 0 Å². The van der Waals surface area contributed by atoms with E-state index in [1.807, 2.05) is 0 Å². The molecule has 4 nitrogen and oxygen atoms in total. The molecule has 0 spiro atoms. The average molecular weight is 249 g/mol. The second-order valence-corrected chi connectivity index (χ2v) is 4.50. The molecule has 1 aliphatic heterocycles. The van der Waals surface area contributed by atoms with E-state index in [0.717, 1.165) is 17.0 Å². The van der Waals surface area contributed by atoms with Crippen LogP contribution in [0.2, 0.25) is 0 Å². The number of rotatable bonds is 3. The maximum atomic E-state index is 13.0. The number of Topliss-reactive ketones (excluding diaryl/α,β-unsaturated/α-hetero) is 2. The van der Waals surface area contributed by atoms with Gasteiger partial charge in [0.05, 0.1) is 17.8 Å². The lowest BCUT2D eigenvalue weighted by Crippen LogP contribution is -2.36. The summed E-state index contributed by atoms with van der Waals surface area (Å²) in [6.07, 6.45) is 0. The summed E-state index contributed by atoms with van der Waals surface area (Å²) in [5.74, 6) is -2.48. The smallest absolute Gasteiger partial charge is 0.297 e. The maximum Gasteiger partial charge on any atom is 0.299 e. The van der Waals surface area contributed by atoms with Gasteiger partial charge in [-0.15, -0.1) is 0 Å². The fourth-order valence-electron chi connectivity index (χ4n) is 1.77. The van der Waals surface area contributed by atoms with E-state index in [1.165, 1.54) is 6.07 Å². The van der Waals surface area contributed by atoms with Crippen LogP contribution in [0.1, 0.15) is 24.2 Å². The molecule has 1 amide bonds. The van der Waals surface area contributed by atoms with Crippen LogP contribution in [0.3, 0.4) is 0 Å². The summed E-state index contributed by atoms with van der Waals surface area (Å²) in [6, 6.07) is 3.54. The Morgan fingerprint density at radius 2 is 2.00 bits per heavy atom. The predicted octanol–water partition coefficient (Wildman–Crippen LogP) is 1.58. The SMILES string of the molecule is CC(C)C(=O)CN1C(=O)C(=O)c2cc(F)ccc21. The monoisotopic (exact) mass is 249 g/mol. The predicted molar refractivity (Wildman–Crippen MR) is 62.9 cm³/mol. The third-order valence-electron chi connectivity index (χ3n) is 2.89. The molecule has 0 saturated heterocycles. The summed E-state index contributed by atoms with van der Waals surface area (Å²) in [6.45, 7) is 3.29. The van der Waals surface area contributed by atoms with E-state index in [1.54, 1.807) is 13.8 Å². The molecule has 5 heteroatoms. The van der Waals surface area contributed by atoms with Crippen LogP contribution in [0.4, 0.5) is 10.1 Å². The molecule has 0 bridgehead atoms. The third-order valence-corrected chi connectivity index (χ3v) is 2.89. The Kier molecular flexibility index (Phi) is 2.98. The quantitative estimate of drug-likeness (QED) is 0.764. The van der Waals surface area contributed by atoms with Gasteiger partial charge >= 0.3 is 0 Å². The molecule has 0 fully saturated rings. The van der Waals surface area contributed by atoms with Gasteiger partial charge in [0, 0.05) is 5.92 Å². The number of anilines is 1. The van der Waals surface area contributed by atoms with Crippen LogP contribution in [-0.2, 0) is 9.59 Å². The van der Waals surface area contributed by atoms with Gasteiger partial charge < -0.3 is 0 Å². The zero-order valence-corrected chi connectivity index (χ0v) is 10.1. The summed E-state index contributed by atoms with van der Waals surface area (Å²) < 4.78 is 13.0. The van der Waals surface area contributed by atoms with Crippen molar-refractivity contribution in [1.82, 2.24) is 0 Å². The number of carbonyl (C=O) groups excluding carboxylic acids is 3. The summed E-state index contributed by atoms with van der Waals surface area (Å²) in [5.41, 5.74) is 0.331. The lowest BCUT2D eigenvalue weighted by molar-refractivity contribution is -0.122. The highest BCUT2D eigenvalue weighted by Gasteiger charge is 2.37. The van der Waals surface area contributed by atoms with E-state index >= 15 is 0 Å². The Bertz CT molecular complexity index is 551. The Morgan fingerprint density at radius 3 is 2.61 bits per heavy atom. The van der Waals surface area contributed by atoms with Crippen LogP contribution >= 0.6 is 0 Å². The van der Waals surface area contributed by atoms with E-state index in [9.17, 15) is 18.8 Å². The molecule has 0 N–H and O–H groups in total. The van der Waals surface area contributed by atoms with Gasteiger partial charge in [-0.25, -0.2) is 4.39 Å². The van der Waals surface area contributed by atoms with Crippen LogP contribution in [0.5, 0.6) is 0 Å².